The van der Waals surface area contributed by atoms with Crippen LogP contribution in [0.5, 0.6) is 0 Å². The van der Waals surface area contributed by atoms with Gasteiger partial charge in [-0.05, 0) is 45.8 Å². The third-order valence-corrected chi connectivity index (χ3v) is 4.90. The van der Waals surface area contributed by atoms with E-state index in [9.17, 15) is 4.39 Å². The summed E-state index contributed by atoms with van der Waals surface area (Å²) in [5.74, 6) is -0.194. The molecular weight excluding hydrogens is 381 g/mol. The number of rotatable bonds is 4. The van der Waals surface area contributed by atoms with Crippen LogP contribution in [0.15, 0.2) is 34.1 Å². The lowest BCUT2D eigenvalue weighted by atomic mass is 10.2. The number of nitrogens with zero attached hydrogens (tertiary/aromatic N) is 1. The molecule has 1 aromatic heterocycles. The summed E-state index contributed by atoms with van der Waals surface area (Å²) in [6.07, 6.45) is 0. The van der Waals surface area contributed by atoms with Crippen molar-refractivity contribution in [3.63, 3.8) is 0 Å². The Kier molecular flexibility index (Phi) is 4.81. The summed E-state index contributed by atoms with van der Waals surface area (Å²) in [4.78, 5) is 3.41. The zero-order valence-corrected chi connectivity index (χ0v) is 13.8. The molecular formula is C13H12Br2FNS. The smallest absolute Gasteiger partial charge is 0.123 e. The Morgan fingerprint density at radius 1 is 1.33 bits per heavy atom. The quantitative estimate of drug-likeness (QED) is 0.648. The van der Waals surface area contributed by atoms with Gasteiger partial charge >= 0.3 is 0 Å². The van der Waals surface area contributed by atoms with Gasteiger partial charge in [0.2, 0.25) is 0 Å². The molecule has 96 valence electrons. The lowest BCUT2D eigenvalue weighted by molar-refractivity contribution is 0.626. The first-order valence-corrected chi connectivity index (χ1v) is 8.18. The van der Waals surface area contributed by atoms with E-state index in [1.54, 1.807) is 17.4 Å². The Morgan fingerprint density at radius 2 is 2.11 bits per heavy atom. The largest absolute Gasteiger partial charge is 0.369 e. The van der Waals surface area contributed by atoms with Crippen LogP contribution >= 0.6 is 43.2 Å². The Labute approximate surface area is 127 Å². The lowest BCUT2D eigenvalue weighted by Crippen LogP contribution is -2.17. The second-order valence-corrected chi connectivity index (χ2v) is 6.47. The van der Waals surface area contributed by atoms with E-state index in [2.05, 4.69) is 48.2 Å². The zero-order chi connectivity index (χ0) is 13.1. The summed E-state index contributed by atoms with van der Waals surface area (Å²) in [6.45, 7) is 0.821. The number of halogens is 3. The number of anilines is 1. The Bertz CT molecular complexity index is 542. The van der Waals surface area contributed by atoms with Crippen LogP contribution in [0.1, 0.15) is 10.4 Å². The maximum atomic E-state index is 13.2. The molecule has 0 bridgehead atoms. The molecule has 1 nitrogen and oxygen atoms in total. The summed E-state index contributed by atoms with van der Waals surface area (Å²) >= 11 is 8.57. The first-order valence-electron chi connectivity index (χ1n) is 5.38. The third-order valence-electron chi connectivity index (χ3n) is 2.61. The van der Waals surface area contributed by atoms with Gasteiger partial charge in [-0.2, -0.15) is 0 Å². The maximum Gasteiger partial charge on any atom is 0.123 e. The molecule has 0 aliphatic rings. The van der Waals surface area contributed by atoms with Gasteiger partial charge in [0.15, 0.2) is 0 Å². The van der Waals surface area contributed by atoms with Crippen molar-refractivity contribution >= 4 is 48.9 Å². The topological polar surface area (TPSA) is 3.24 Å². The van der Waals surface area contributed by atoms with E-state index < -0.39 is 0 Å². The molecule has 0 saturated carbocycles. The summed E-state index contributed by atoms with van der Waals surface area (Å²) in [7, 11) is 2.02. The average molecular weight is 393 g/mol. The molecule has 2 rings (SSSR count). The van der Waals surface area contributed by atoms with Crippen molar-refractivity contribution in [2.45, 2.75) is 11.9 Å². The highest BCUT2D eigenvalue weighted by molar-refractivity contribution is 9.10. The highest BCUT2D eigenvalue weighted by atomic mass is 79.9. The predicted octanol–water partition coefficient (Wildman–Crippen LogP) is 5.18. The number of hydrogen-bond acceptors (Lipinski definition) is 2. The standard InChI is InChI=1S/C13H12Br2FNS/c1-17(7-12-5-10(15)8-18-12)13-3-2-11(16)4-9(13)6-14/h2-5,8H,6-7H2,1H3. The van der Waals surface area contributed by atoms with Crippen LogP contribution in [-0.4, -0.2) is 7.05 Å². The Balaban J connectivity index is 2.20. The molecule has 0 spiro atoms. The van der Waals surface area contributed by atoms with Gasteiger partial charge in [0, 0.05) is 32.8 Å². The van der Waals surface area contributed by atoms with Crippen molar-refractivity contribution in [1.29, 1.82) is 0 Å². The molecule has 1 aromatic carbocycles. The second kappa shape index (κ2) is 6.17. The molecule has 18 heavy (non-hydrogen) atoms. The summed E-state index contributed by atoms with van der Waals surface area (Å²) in [6, 6.07) is 7.01. The van der Waals surface area contributed by atoms with Gasteiger partial charge in [0.1, 0.15) is 5.82 Å². The van der Waals surface area contributed by atoms with Crippen molar-refractivity contribution in [2.24, 2.45) is 0 Å². The van der Waals surface area contributed by atoms with Crippen LogP contribution in [0, 0.1) is 5.82 Å². The fraction of sp³-hybridized carbons (Fsp3) is 0.231. The minimum atomic E-state index is -0.194. The molecule has 5 heteroatoms. The molecule has 0 radical (unpaired) electrons. The minimum Gasteiger partial charge on any atom is -0.369 e. The van der Waals surface area contributed by atoms with Crippen LogP contribution in [-0.2, 0) is 11.9 Å². The van der Waals surface area contributed by atoms with Gasteiger partial charge < -0.3 is 4.90 Å². The van der Waals surface area contributed by atoms with Crippen LogP contribution in [0.25, 0.3) is 0 Å². The summed E-state index contributed by atoms with van der Waals surface area (Å²) in [5.41, 5.74) is 2.02. The molecule has 0 fully saturated rings. The molecule has 1 heterocycles. The van der Waals surface area contributed by atoms with Crippen LogP contribution in [0.2, 0.25) is 0 Å². The van der Waals surface area contributed by atoms with E-state index in [1.807, 2.05) is 13.1 Å². The van der Waals surface area contributed by atoms with Gasteiger partial charge in [0.25, 0.3) is 0 Å². The first-order chi connectivity index (χ1) is 8.60. The predicted molar refractivity (Wildman–Crippen MR) is 83.2 cm³/mol. The highest BCUT2D eigenvalue weighted by Gasteiger charge is 2.09. The molecule has 0 unspecified atom stereocenters. The van der Waals surface area contributed by atoms with E-state index in [1.165, 1.54) is 10.9 Å². The third kappa shape index (κ3) is 3.33. The number of benzene rings is 1. The zero-order valence-electron chi connectivity index (χ0n) is 9.79. The van der Waals surface area contributed by atoms with Crippen LogP contribution in [0.4, 0.5) is 10.1 Å². The van der Waals surface area contributed by atoms with Crippen LogP contribution < -0.4 is 4.90 Å². The normalized spacial score (nSPS) is 10.7. The SMILES string of the molecule is CN(Cc1cc(Br)cs1)c1ccc(F)cc1CBr. The van der Waals surface area contributed by atoms with E-state index >= 15 is 0 Å². The molecule has 2 aromatic rings. The van der Waals surface area contributed by atoms with Gasteiger partial charge in [0.05, 0.1) is 6.54 Å². The summed E-state index contributed by atoms with van der Waals surface area (Å²) < 4.78 is 14.3. The van der Waals surface area contributed by atoms with E-state index in [0.29, 0.717) is 5.33 Å². The van der Waals surface area contributed by atoms with Gasteiger partial charge in [-0.3, -0.25) is 0 Å². The van der Waals surface area contributed by atoms with E-state index in [4.69, 9.17) is 0 Å². The lowest BCUT2D eigenvalue weighted by Gasteiger charge is -2.21. The van der Waals surface area contributed by atoms with Crippen molar-refractivity contribution in [1.82, 2.24) is 0 Å². The van der Waals surface area contributed by atoms with Crippen LogP contribution in [0.3, 0.4) is 0 Å². The fourth-order valence-corrected chi connectivity index (χ4v) is 3.74. The number of alkyl halides is 1. The first kappa shape index (κ1) is 14.0. The average Bonchev–Trinajstić information content (AvgIpc) is 2.74. The Hall–Kier alpha value is -0.390. The van der Waals surface area contributed by atoms with Gasteiger partial charge in [-0.1, -0.05) is 15.9 Å². The van der Waals surface area contributed by atoms with Gasteiger partial charge in [-0.25, -0.2) is 4.39 Å². The van der Waals surface area contributed by atoms with E-state index in [-0.39, 0.29) is 5.82 Å². The van der Waals surface area contributed by atoms with E-state index in [0.717, 1.165) is 22.3 Å². The molecule has 0 amide bonds. The number of hydrogen-bond donors (Lipinski definition) is 0. The number of thiophene rings is 1. The summed E-state index contributed by atoms with van der Waals surface area (Å²) in [5, 5.41) is 2.72. The second-order valence-electron chi connectivity index (χ2n) is 3.99. The molecule has 0 saturated heterocycles. The van der Waals surface area contributed by atoms with Gasteiger partial charge in [-0.15, -0.1) is 11.3 Å². The minimum absolute atomic E-state index is 0.194. The highest BCUT2D eigenvalue weighted by Crippen LogP contribution is 2.27. The van der Waals surface area contributed by atoms with Crippen molar-refractivity contribution in [2.75, 3.05) is 11.9 Å². The molecule has 0 atom stereocenters. The molecule has 0 aliphatic heterocycles. The fourth-order valence-electron chi connectivity index (χ4n) is 1.79. The van der Waals surface area contributed by atoms with Crippen molar-refractivity contribution < 1.29 is 4.39 Å². The Morgan fingerprint density at radius 3 is 2.72 bits per heavy atom. The molecule has 0 N–H and O–H groups in total. The van der Waals surface area contributed by atoms with Crippen molar-refractivity contribution in [3.05, 3.63) is 50.4 Å². The van der Waals surface area contributed by atoms with Crippen molar-refractivity contribution in [3.8, 4) is 0 Å². The maximum absolute atomic E-state index is 13.2. The monoisotopic (exact) mass is 391 g/mol. The molecule has 0 aliphatic carbocycles.